The highest BCUT2D eigenvalue weighted by molar-refractivity contribution is 5.95. The zero-order valence-electron chi connectivity index (χ0n) is 13.0. The van der Waals surface area contributed by atoms with Crippen molar-refractivity contribution in [1.29, 1.82) is 0 Å². The van der Waals surface area contributed by atoms with Gasteiger partial charge in [-0.05, 0) is 52.3 Å². The molecule has 0 atom stereocenters. The maximum atomic E-state index is 12.4. The number of hydrogen-bond donors (Lipinski definition) is 1. The molecule has 0 aromatic heterocycles. The normalized spacial score (nSPS) is 11.4. The number of carbonyl (C=O) groups excluding carboxylic acids is 1. The number of hydrogen-bond acceptors (Lipinski definition) is 3. The van der Waals surface area contributed by atoms with E-state index in [1.54, 1.807) is 4.90 Å². The van der Waals surface area contributed by atoms with Crippen LogP contribution in [0.3, 0.4) is 0 Å². The smallest absolute Gasteiger partial charge is 0.253 e. The Balaban J connectivity index is 2.84. The van der Waals surface area contributed by atoms with Gasteiger partial charge >= 0.3 is 0 Å². The van der Waals surface area contributed by atoms with Crippen LogP contribution in [0.15, 0.2) is 24.3 Å². The molecule has 0 aliphatic heterocycles. The Bertz CT molecular complexity index is 438. The molecular formula is C16H26N2O2. The first-order valence-electron chi connectivity index (χ1n) is 7.05. The summed E-state index contributed by atoms with van der Waals surface area (Å²) in [6, 6.07) is 7.87. The van der Waals surface area contributed by atoms with Crippen LogP contribution in [-0.4, -0.2) is 31.2 Å². The van der Waals surface area contributed by atoms with Gasteiger partial charge in [-0.2, -0.15) is 0 Å². The molecule has 2 N–H and O–H groups in total. The summed E-state index contributed by atoms with van der Waals surface area (Å²) in [5, 5.41) is 0. The van der Waals surface area contributed by atoms with E-state index in [2.05, 4.69) is 0 Å². The Morgan fingerprint density at radius 1 is 1.30 bits per heavy atom. The van der Waals surface area contributed by atoms with Crippen LogP contribution in [0.25, 0.3) is 0 Å². The summed E-state index contributed by atoms with van der Waals surface area (Å²) in [5.41, 5.74) is 7.26. The molecule has 0 bridgehead atoms. The molecule has 1 aromatic carbocycles. The van der Waals surface area contributed by atoms with E-state index in [0.717, 1.165) is 17.7 Å². The van der Waals surface area contributed by atoms with Crippen molar-refractivity contribution < 1.29 is 9.53 Å². The zero-order valence-corrected chi connectivity index (χ0v) is 13.0. The van der Waals surface area contributed by atoms with Gasteiger partial charge in [-0.15, -0.1) is 0 Å². The van der Waals surface area contributed by atoms with Crippen molar-refractivity contribution in [2.24, 2.45) is 5.73 Å². The van der Waals surface area contributed by atoms with Crippen LogP contribution in [0.5, 0.6) is 0 Å². The van der Waals surface area contributed by atoms with Gasteiger partial charge in [-0.25, -0.2) is 0 Å². The Labute approximate surface area is 121 Å². The number of amides is 1. The summed E-state index contributed by atoms with van der Waals surface area (Å²) < 4.78 is 5.59. The molecule has 1 aromatic rings. The van der Waals surface area contributed by atoms with E-state index in [4.69, 9.17) is 10.5 Å². The average molecular weight is 278 g/mol. The van der Waals surface area contributed by atoms with E-state index < -0.39 is 0 Å². The van der Waals surface area contributed by atoms with Gasteiger partial charge in [0.25, 0.3) is 5.91 Å². The number of rotatable bonds is 6. The number of nitrogens with zero attached hydrogens (tertiary/aromatic N) is 1. The Kier molecular flexibility index (Phi) is 6.17. The largest absolute Gasteiger partial charge is 0.366 e. The van der Waals surface area contributed by atoms with Crippen LogP contribution < -0.4 is 10.6 Å². The molecule has 0 heterocycles. The van der Waals surface area contributed by atoms with Crippen LogP contribution in [0, 0.1) is 6.92 Å². The second kappa shape index (κ2) is 7.41. The first-order valence-corrected chi connectivity index (χ1v) is 7.05. The Morgan fingerprint density at radius 2 is 1.95 bits per heavy atom. The van der Waals surface area contributed by atoms with Crippen LogP contribution in [0.1, 0.15) is 32.8 Å². The summed E-state index contributed by atoms with van der Waals surface area (Å²) in [6.45, 7) is 9.10. The van der Waals surface area contributed by atoms with Crippen molar-refractivity contribution in [3.63, 3.8) is 0 Å². The number of nitrogens with two attached hydrogens (primary N) is 1. The highest BCUT2D eigenvalue weighted by atomic mass is 16.5. The van der Waals surface area contributed by atoms with Crippen LogP contribution in [0.2, 0.25) is 0 Å². The summed E-state index contributed by atoms with van der Waals surface area (Å²) in [7, 11) is 0. The van der Waals surface area contributed by atoms with Gasteiger partial charge in [-0.3, -0.25) is 4.79 Å². The highest BCUT2D eigenvalue weighted by Gasteiger charge is 2.20. The quantitative estimate of drug-likeness (QED) is 0.870. The SMILES string of the molecule is Cc1ccccc1N(CCCN)C(=O)COC(C)(C)C. The van der Waals surface area contributed by atoms with E-state index in [1.807, 2.05) is 52.0 Å². The summed E-state index contributed by atoms with van der Waals surface area (Å²) in [4.78, 5) is 14.2. The lowest BCUT2D eigenvalue weighted by Crippen LogP contribution is -2.38. The van der Waals surface area contributed by atoms with E-state index in [9.17, 15) is 4.79 Å². The minimum absolute atomic E-state index is 0.0253. The molecule has 1 amide bonds. The minimum Gasteiger partial charge on any atom is -0.366 e. The minimum atomic E-state index is -0.319. The molecule has 0 spiro atoms. The van der Waals surface area contributed by atoms with Crippen molar-refractivity contribution in [2.75, 3.05) is 24.6 Å². The third-order valence-electron chi connectivity index (χ3n) is 2.92. The lowest BCUT2D eigenvalue weighted by atomic mass is 10.1. The molecule has 0 saturated heterocycles. The average Bonchev–Trinajstić information content (AvgIpc) is 2.38. The lowest BCUT2D eigenvalue weighted by molar-refractivity contribution is -0.127. The van der Waals surface area contributed by atoms with Gasteiger partial charge in [-0.1, -0.05) is 18.2 Å². The molecule has 0 unspecified atom stereocenters. The van der Waals surface area contributed by atoms with E-state index in [1.165, 1.54) is 0 Å². The van der Waals surface area contributed by atoms with E-state index in [-0.39, 0.29) is 18.1 Å². The number of anilines is 1. The molecule has 4 nitrogen and oxygen atoms in total. The summed E-state index contributed by atoms with van der Waals surface area (Å²) in [6.07, 6.45) is 0.773. The first-order chi connectivity index (χ1) is 9.35. The zero-order chi connectivity index (χ0) is 15.2. The van der Waals surface area contributed by atoms with Crippen molar-refractivity contribution in [3.05, 3.63) is 29.8 Å². The summed E-state index contributed by atoms with van der Waals surface area (Å²) in [5.74, 6) is -0.0253. The van der Waals surface area contributed by atoms with Gasteiger partial charge in [0.1, 0.15) is 6.61 Å². The number of aryl methyl sites for hydroxylation is 1. The standard InChI is InChI=1S/C16H26N2O2/c1-13-8-5-6-9-14(13)18(11-7-10-17)15(19)12-20-16(2,3)4/h5-6,8-9H,7,10-12,17H2,1-4H3. The van der Waals surface area contributed by atoms with Crippen molar-refractivity contribution in [3.8, 4) is 0 Å². The fourth-order valence-electron chi connectivity index (χ4n) is 1.85. The Morgan fingerprint density at radius 3 is 2.50 bits per heavy atom. The third kappa shape index (κ3) is 5.31. The van der Waals surface area contributed by atoms with E-state index >= 15 is 0 Å². The molecule has 1 rings (SSSR count). The van der Waals surface area contributed by atoms with Gasteiger partial charge in [0, 0.05) is 12.2 Å². The van der Waals surface area contributed by atoms with Crippen LogP contribution in [-0.2, 0) is 9.53 Å². The molecule has 0 radical (unpaired) electrons. The van der Waals surface area contributed by atoms with Gasteiger partial charge in [0.2, 0.25) is 0 Å². The molecule has 20 heavy (non-hydrogen) atoms. The molecule has 0 saturated carbocycles. The molecule has 0 fully saturated rings. The third-order valence-corrected chi connectivity index (χ3v) is 2.92. The number of carbonyl (C=O) groups is 1. The number of benzene rings is 1. The molecular weight excluding hydrogens is 252 g/mol. The fraction of sp³-hybridized carbons (Fsp3) is 0.562. The van der Waals surface area contributed by atoms with Crippen molar-refractivity contribution in [1.82, 2.24) is 0 Å². The predicted molar refractivity (Wildman–Crippen MR) is 82.9 cm³/mol. The van der Waals surface area contributed by atoms with Gasteiger partial charge in [0.05, 0.1) is 5.60 Å². The fourth-order valence-corrected chi connectivity index (χ4v) is 1.85. The number of ether oxygens (including phenoxy) is 1. The topological polar surface area (TPSA) is 55.6 Å². The predicted octanol–water partition coefficient (Wildman–Crippen LogP) is 2.49. The van der Waals surface area contributed by atoms with Gasteiger partial charge < -0.3 is 15.4 Å². The van der Waals surface area contributed by atoms with Crippen molar-refractivity contribution >= 4 is 11.6 Å². The molecule has 4 heteroatoms. The Hall–Kier alpha value is -1.39. The molecule has 0 aliphatic carbocycles. The maximum Gasteiger partial charge on any atom is 0.253 e. The molecule has 112 valence electrons. The second-order valence-electron chi connectivity index (χ2n) is 5.88. The first kappa shape index (κ1) is 16.7. The highest BCUT2D eigenvalue weighted by Crippen LogP contribution is 2.20. The van der Waals surface area contributed by atoms with Crippen molar-refractivity contribution in [2.45, 2.75) is 39.7 Å². The maximum absolute atomic E-state index is 12.4. The second-order valence-corrected chi connectivity index (χ2v) is 5.88. The summed E-state index contributed by atoms with van der Waals surface area (Å²) >= 11 is 0. The number of para-hydroxylation sites is 1. The van der Waals surface area contributed by atoms with Crippen LogP contribution in [0.4, 0.5) is 5.69 Å². The van der Waals surface area contributed by atoms with Crippen LogP contribution >= 0.6 is 0 Å². The van der Waals surface area contributed by atoms with E-state index in [0.29, 0.717) is 13.1 Å². The monoisotopic (exact) mass is 278 g/mol. The van der Waals surface area contributed by atoms with Gasteiger partial charge in [0.15, 0.2) is 0 Å². The lowest BCUT2D eigenvalue weighted by Gasteiger charge is -2.26. The molecule has 0 aliphatic rings.